The van der Waals surface area contributed by atoms with Gasteiger partial charge in [0.2, 0.25) is 5.95 Å². The lowest BCUT2D eigenvalue weighted by Gasteiger charge is -2.36. The third-order valence-electron chi connectivity index (χ3n) is 5.87. The summed E-state index contributed by atoms with van der Waals surface area (Å²) >= 11 is 6.24. The highest BCUT2D eigenvalue weighted by molar-refractivity contribution is 6.31. The Balaban J connectivity index is 1.71. The van der Waals surface area contributed by atoms with Gasteiger partial charge in [-0.25, -0.2) is 9.97 Å². The number of aromatic amines is 1. The third-order valence-corrected chi connectivity index (χ3v) is 6.11. The first-order valence-corrected chi connectivity index (χ1v) is 10.6. The van der Waals surface area contributed by atoms with E-state index in [2.05, 4.69) is 15.0 Å². The highest BCUT2D eigenvalue weighted by Crippen LogP contribution is 2.41. The number of halogens is 4. The molecule has 1 aliphatic heterocycles. The molecule has 4 aromatic rings. The summed E-state index contributed by atoms with van der Waals surface area (Å²) < 4.78 is 40.4. The second-order valence-electron chi connectivity index (χ2n) is 8.16. The maximum absolute atomic E-state index is 13.5. The third kappa shape index (κ3) is 3.60. The van der Waals surface area contributed by atoms with Gasteiger partial charge in [-0.05, 0) is 55.7 Å². The zero-order valence-corrected chi connectivity index (χ0v) is 18.2. The number of H-pyrrole nitrogens is 1. The Hall–Kier alpha value is -3.06. The van der Waals surface area contributed by atoms with Gasteiger partial charge in [-0.1, -0.05) is 41.4 Å². The Morgan fingerprint density at radius 2 is 1.78 bits per heavy atom. The molecule has 0 spiro atoms. The lowest BCUT2D eigenvalue weighted by molar-refractivity contribution is -0.141. The molecule has 32 heavy (non-hydrogen) atoms. The number of rotatable bonds is 2. The summed E-state index contributed by atoms with van der Waals surface area (Å²) in [6.07, 6.45) is -3.91. The predicted molar refractivity (Wildman–Crippen MR) is 119 cm³/mol. The van der Waals surface area contributed by atoms with E-state index in [1.807, 2.05) is 54.3 Å². The van der Waals surface area contributed by atoms with E-state index in [9.17, 15) is 13.2 Å². The van der Waals surface area contributed by atoms with E-state index >= 15 is 0 Å². The number of nitrogens with zero attached hydrogens (tertiary/aromatic N) is 3. The van der Waals surface area contributed by atoms with Crippen molar-refractivity contribution in [3.05, 3.63) is 87.3 Å². The molecule has 4 nitrogen and oxygen atoms in total. The molecule has 0 radical (unpaired) electrons. The quantitative estimate of drug-likeness (QED) is 0.379. The van der Waals surface area contributed by atoms with Gasteiger partial charge in [-0.2, -0.15) is 13.2 Å². The molecule has 0 saturated carbocycles. The van der Waals surface area contributed by atoms with Crippen molar-refractivity contribution in [3.63, 3.8) is 0 Å². The van der Waals surface area contributed by atoms with Gasteiger partial charge < -0.3 is 9.88 Å². The first kappa shape index (κ1) is 20.8. The fourth-order valence-electron chi connectivity index (χ4n) is 4.40. The molecule has 1 atom stereocenters. The van der Waals surface area contributed by atoms with Gasteiger partial charge in [0, 0.05) is 33.9 Å². The maximum atomic E-state index is 13.5. The van der Waals surface area contributed by atoms with Gasteiger partial charge in [0.25, 0.3) is 0 Å². The van der Waals surface area contributed by atoms with E-state index < -0.39 is 11.9 Å². The number of alkyl halides is 3. The average Bonchev–Trinajstić information content (AvgIpc) is 3.10. The average molecular weight is 457 g/mol. The highest BCUT2D eigenvalue weighted by atomic mass is 35.5. The second-order valence-corrected chi connectivity index (χ2v) is 8.59. The van der Waals surface area contributed by atoms with Crippen LogP contribution in [0.5, 0.6) is 0 Å². The van der Waals surface area contributed by atoms with Crippen molar-refractivity contribution in [2.45, 2.75) is 32.5 Å². The Bertz CT molecular complexity index is 1310. The monoisotopic (exact) mass is 456 g/mol. The lowest BCUT2D eigenvalue weighted by atomic mass is 9.92. The van der Waals surface area contributed by atoms with Gasteiger partial charge >= 0.3 is 6.18 Å². The molecule has 0 aliphatic carbocycles. The predicted octanol–water partition coefficient (Wildman–Crippen LogP) is 6.40. The minimum atomic E-state index is -4.54. The second kappa shape index (κ2) is 7.52. The van der Waals surface area contributed by atoms with E-state index in [-0.39, 0.29) is 17.7 Å². The molecule has 0 fully saturated rings. The molecule has 1 N–H and O–H groups in total. The molecule has 8 heteroatoms. The van der Waals surface area contributed by atoms with Crippen LogP contribution in [0.4, 0.5) is 19.1 Å². The number of hydrogen-bond donors (Lipinski definition) is 1. The zero-order valence-electron chi connectivity index (χ0n) is 17.5. The number of aryl methyl sites for hydroxylation is 2. The number of nitrogens with one attached hydrogen (secondary N) is 1. The Morgan fingerprint density at radius 1 is 1.03 bits per heavy atom. The molecule has 3 heterocycles. The fraction of sp³-hybridized carbons (Fsp3) is 0.250. The fourth-order valence-corrected chi connectivity index (χ4v) is 4.57. The summed E-state index contributed by atoms with van der Waals surface area (Å²) in [5.41, 5.74) is 4.39. The first-order valence-electron chi connectivity index (χ1n) is 10.3. The maximum Gasteiger partial charge on any atom is 0.433 e. The molecule has 0 bridgehead atoms. The lowest BCUT2D eigenvalue weighted by Crippen LogP contribution is -2.37. The SMILES string of the molecule is Cc1ccc(C2c3[nH]c4ccc(Cl)cc4c3CCN2c2nc(C)cc(C(F)(F)F)n2)cc1. The van der Waals surface area contributed by atoms with Gasteiger partial charge in [0.15, 0.2) is 0 Å². The van der Waals surface area contributed by atoms with Crippen molar-refractivity contribution < 1.29 is 13.2 Å². The highest BCUT2D eigenvalue weighted by Gasteiger charge is 2.37. The normalized spacial score (nSPS) is 16.4. The first-order chi connectivity index (χ1) is 15.2. The van der Waals surface area contributed by atoms with Crippen molar-refractivity contribution in [1.29, 1.82) is 0 Å². The minimum absolute atomic E-state index is 0.0743. The number of benzene rings is 2. The van der Waals surface area contributed by atoms with E-state index in [1.54, 1.807) is 6.92 Å². The summed E-state index contributed by atoms with van der Waals surface area (Å²) in [5.74, 6) is 0.0743. The number of hydrogen-bond acceptors (Lipinski definition) is 3. The van der Waals surface area contributed by atoms with Gasteiger partial charge in [-0.3, -0.25) is 0 Å². The Labute approximate surface area is 188 Å². The summed E-state index contributed by atoms with van der Waals surface area (Å²) in [6.45, 7) is 4.03. The van der Waals surface area contributed by atoms with Crippen molar-refractivity contribution in [2.24, 2.45) is 0 Å². The molecular weight excluding hydrogens is 437 g/mol. The molecule has 164 valence electrons. The van der Waals surface area contributed by atoms with Crippen LogP contribution >= 0.6 is 11.6 Å². The van der Waals surface area contributed by atoms with Crippen LogP contribution < -0.4 is 4.90 Å². The van der Waals surface area contributed by atoms with Crippen molar-refractivity contribution >= 4 is 28.5 Å². The van der Waals surface area contributed by atoms with Gasteiger partial charge in [0.05, 0.1) is 6.04 Å². The van der Waals surface area contributed by atoms with E-state index in [0.29, 0.717) is 18.0 Å². The topological polar surface area (TPSA) is 44.8 Å². The van der Waals surface area contributed by atoms with E-state index in [1.165, 1.54) is 0 Å². The molecule has 1 unspecified atom stereocenters. The summed E-state index contributed by atoms with van der Waals surface area (Å²) in [7, 11) is 0. The van der Waals surface area contributed by atoms with Crippen molar-refractivity contribution in [3.8, 4) is 0 Å². The van der Waals surface area contributed by atoms with Crippen LogP contribution in [0, 0.1) is 13.8 Å². The van der Waals surface area contributed by atoms with E-state index in [0.717, 1.165) is 39.4 Å². The van der Waals surface area contributed by atoms with Crippen LogP contribution in [-0.4, -0.2) is 21.5 Å². The number of anilines is 1. The summed E-state index contributed by atoms with van der Waals surface area (Å²) in [5, 5.41) is 1.68. The molecule has 1 aliphatic rings. The van der Waals surface area contributed by atoms with Crippen LogP contribution in [0.3, 0.4) is 0 Å². The number of fused-ring (bicyclic) bond motifs is 3. The van der Waals surface area contributed by atoms with E-state index in [4.69, 9.17) is 11.6 Å². The van der Waals surface area contributed by atoms with Crippen LogP contribution in [0.25, 0.3) is 10.9 Å². The minimum Gasteiger partial charge on any atom is -0.356 e. The van der Waals surface area contributed by atoms with Gasteiger partial charge in [0.1, 0.15) is 5.69 Å². The molecule has 2 aromatic carbocycles. The molecule has 0 saturated heterocycles. The molecular formula is C24H20ClF3N4. The van der Waals surface area contributed by atoms with Gasteiger partial charge in [-0.15, -0.1) is 0 Å². The molecule has 2 aromatic heterocycles. The van der Waals surface area contributed by atoms with Crippen LogP contribution in [-0.2, 0) is 12.6 Å². The van der Waals surface area contributed by atoms with Crippen LogP contribution in [0.1, 0.15) is 39.8 Å². The van der Waals surface area contributed by atoms with Crippen molar-refractivity contribution in [1.82, 2.24) is 15.0 Å². The standard InChI is InChI=1S/C24H20ClF3N4/c1-13-3-5-15(6-4-13)22-21-17(18-12-16(25)7-8-19(18)30-21)9-10-32(22)23-29-14(2)11-20(31-23)24(26,27)28/h3-8,11-12,22,30H,9-10H2,1-2H3. The number of aromatic nitrogens is 3. The van der Waals surface area contributed by atoms with Crippen LogP contribution in [0.2, 0.25) is 5.02 Å². The molecule has 0 amide bonds. The Morgan fingerprint density at radius 3 is 2.50 bits per heavy atom. The zero-order chi connectivity index (χ0) is 22.6. The molecule has 5 rings (SSSR count). The van der Waals surface area contributed by atoms with Crippen LogP contribution in [0.15, 0.2) is 48.5 Å². The summed E-state index contributed by atoms with van der Waals surface area (Å²) in [6, 6.07) is 14.3. The summed E-state index contributed by atoms with van der Waals surface area (Å²) in [4.78, 5) is 13.6. The Kier molecular flexibility index (Phi) is 4.89. The van der Waals surface area contributed by atoms with Crippen molar-refractivity contribution in [2.75, 3.05) is 11.4 Å². The largest absolute Gasteiger partial charge is 0.433 e. The smallest absolute Gasteiger partial charge is 0.356 e.